The molecule has 0 aromatic carbocycles. The van der Waals surface area contributed by atoms with Crippen molar-refractivity contribution in [2.24, 2.45) is 0 Å². The van der Waals surface area contributed by atoms with E-state index in [9.17, 15) is 14.4 Å². The summed E-state index contributed by atoms with van der Waals surface area (Å²) in [7, 11) is 0. The van der Waals surface area contributed by atoms with E-state index in [4.69, 9.17) is 14.2 Å². The van der Waals surface area contributed by atoms with E-state index >= 15 is 0 Å². The van der Waals surface area contributed by atoms with Crippen LogP contribution in [-0.2, 0) is 28.6 Å². The van der Waals surface area contributed by atoms with Crippen molar-refractivity contribution in [2.45, 2.75) is 309 Å². The van der Waals surface area contributed by atoms with Gasteiger partial charge in [-0.2, -0.15) is 0 Å². The first kappa shape index (κ1) is 66.1. The summed E-state index contributed by atoms with van der Waals surface area (Å²) in [6.07, 6.45) is 72.3. The van der Waals surface area contributed by atoms with Crippen molar-refractivity contribution in [3.05, 3.63) is 60.8 Å². The zero-order valence-corrected chi connectivity index (χ0v) is 45.8. The van der Waals surface area contributed by atoms with Gasteiger partial charge in [0.05, 0.1) is 0 Å². The molecule has 1 atom stereocenters. The smallest absolute Gasteiger partial charge is 0.306 e. The van der Waals surface area contributed by atoms with Gasteiger partial charge in [-0.05, 0) is 103 Å². The molecule has 400 valence electrons. The number of esters is 3. The molecule has 6 nitrogen and oxygen atoms in total. The molecule has 0 saturated carbocycles. The van der Waals surface area contributed by atoms with E-state index in [2.05, 4.69) is 81.5 Å². The van der Waals surface area contributed by atoms with Crippen LogP contribution in [0.5, 0.6) is 0 Å². The average molecular weight is 966 g/mol. The van der Waals surface area contributed by atoms with Gasteiger partial charge in [0.15, 0.2) is 6.10 Å². The first-order valence-electron chi connectivity index (χ1n) is 29.8. The van der Waals surface area contributed by atoms with Gasteiger partial charge in [0.2, 0.25) is 0 Å². The first-order chi connectivity index (χ1) is 34.0. The highest BCUT2D eigenvalue weighted by molar-refractivity contribution is 5.71. The SMILES string of the molecule is CCC/C=C\CCCCCCCC(=O)OCC(COC(=O)CCCCCCCCCCCCCCC/C=C\C/C=C\CCCCCCC)OC(=O)CCCCCCC/C=C\C/C=C\CCCCCC. The molecule has 0 radical (unpaired) electrons. The predicted molar refractivity (Wildman–Crippen MR) is 298 cm³/mol. The predicted octanol–water partition coefficient (Wildman–Crippen LogP) is 20.0. The quantitative estimate of drug-likeness (QED) is 0.0262. The maximum absolute atomic E-state index is 12.8. The second-order valence-electron chi connectivity index (χ2n) is 19.9. The molecule has 0 saturated heterocycles. The molecule has 0 aliphatic carbocycles. The summed E-state index contributed by atoms with van der Waals surface area (Å²) in [6.45, 7) is 6.55. The molecular formula is C63H112O6. The Kier molecular flexibility index (Phi) is 55.3. The van der Waals surface area contributed by atoms with Gasteiger partial charge in [-0.25, -0.2) is 0 Å². The van der Waals surface area contributed by atoms with Crippen LogP contribution in [0.3, 0.4) is 0 Å². The largest absolute Gasteiger partial charge is 0.462 e. The Morgan fingerprint density at radius 1 is 0.290 bits per heavy atom. The molecule has 0 aromatic rings. The first-order valence-corrected chi connectivity index (χ1v) is 29.8. The third kappa shape index (κ3) is 55.9. The summed E-state index contributed by atoms with van der Waals surface area (Å²) in [5.74, 6) is -0.898. The van der Waals surface area contributed by atoms with E-state index < -0.39 is 6.10 Å². The molecule has 0 spiro atoms. The average Bonchev–Trinajstić information content (AvgIpc) is 3.35. The normalized spacial score (nSPS) is 12.4. The Labute approximate surface area is 428 Å². The van der Waals surface area contributed by atoms with Gasteiger partial charge in [-0.15, -0.1) is 0 Å². The van der Waals surface area contributed by atoms with Gasteiger partial charge >= 0.3 is 17.9 Å². The van der Waals surface area contributed by atoms with Crippen molar-refractivity contribution in [2.75, 3.05) is 13.2 Å². The lowest BCUT2D eigenvalue weighted by Crippen LogP contribution is -2.30. The second kappa shape index (κ2) is 57.7. The fourth-order valence-corrected chi connectivity index (χ4v) is 8.45. The molecule has 0 aromatic heterocycles. The van der Waals surface area contributed by atoms with Gasteiger partial charge in [-0.3, -0.25) is 14.4 Å². The molecule has 0 N–H and O–H groups in total. The van der Waals surface area contributed by atoms with E-state index in [0.29, 0.717) is 19.3 Å². The molecule has 0 amide bonds. The molecule has 0 rings (SSSR count). The molecule has 0 aliphatic heterocycles. The van der Waals surface area contributed by atoms with Crippen LogP contribution < -0.4 is 0 Å². The molecular weight excluding hydrogens is 853 g/mol. The molecule has 0 aliphatic rings. The highest BCUT2D eigenvalue weighted by Crippen LogP contribution is 2.16. The van der Waals surface area contributed by atoms with Crippen LogP contribution in [0.4, 0.5) is 0 Å². The zero-order valence-electron chi connectivity index (χ0n) is 45.8. The van der Waals surface area contributed by atoms with Crippen molar-refractivity contribution >= 4 is 17.9 Å². The summed E-state index contributed by atoms with van der Waals surface area (Å²) in [4.78, 5) is 38.1. The maximum Gasteiger partial charge on any atom is 0.306 e. The standard InChI is InChI=1S/C63H112O6/c1-4-7-10-13-16-19-22-24-26-28-29-30-31-32-33-34-35-36-38-39-41-44-47-50-53-56-62(65)68-59-60(58-67-61(64)55-52-49-46-43-21-18-15-12-9-6-3)69-63(66)57-54-51-48-45-42-40-37-27-25-23-20-17-14-11-8-5-2/h12,15,20,22-24,27-29,37,60H,4-11,13-14,16-19,21,25-26,30-36,38-59H2,1-3H3/b15-12-,23-20-,24-22-,29-28-,37-27-. The number of carbonyl (C=O) groups excluding carboxylic acids is 3. The van der Waals surface area contributed by atoms with Gasteiger partial charge in [0, 0.05) is 19.3 Å². The lowest BCUT2D eigenvalue weighted by atomic mass is 10.0. The van der Waals surface area contributed by atoms with Crippen LogP contribution in [0.1, 0.15) is 303 Å². The van der Waals surface area contributed by atoms with Gasteiger partial charge in [-0.1, -0.05) is 242 Å². The van der Waals surface area contributed by atoms with Crippen LogP contribution in [0, 0.1) is 0 Å². The van der Waals surface area contributed by atoms with E-state index in [-0.39, 0.29) is 31.1 Å². The molecule has 69 heavy (non-hydrogen) atoms. The number of hydrogen-bond acceptors (Lipinski definition) is 6. The van der Waals surface area contributed by atoms with Gasteiger partial charge in [0.1, 0.15) is 13.2 Å². The Balaban J connectivity index is 4.23. The van der Waals surface area contributed by atoms with E-state index in [1.165, 1.54) is 161 Å². The summed E-state index contributed by atoms with van der Waals surface area (Å²) in [5.41, 5.74) is 0. The Hall–Kier alpha value is -2.89. The zero-order chi connectivity index (χ0) is 50.0. The van der Waals surface area contributed by atoms with E-state index in [0.717, 1.165) is 103 Å². The number of unbranched alkanes of at least 4 members (excludes halogenated alkanes) is 33. The van der Waals surface area contributed by atoms with Crippen molar-refractivity contribution in [1.29, 1.82) is 0 Å². The Bertz CT molecular complexity index is 1250. The monoisotopic (exact) mass is 965 g/mol. The minimum absolute atomic E-state index is 0.0817. The molecule has 6 heteroatoms. The highest BCUT2D eigenvalue weighted by Gasteiger charge is 2.19. The summed E-state index contributed by atoms with van der Waals surface area (Å²) < 4.78 is 16.8. The van der Waals surface area contributed by atoms with Crippen LogP contribution in [0.15, 0.2) is 60.8 Å². The minimum Gasteiger partial charge on any atom is -0.462 e. The third-order valence-corrected chi connectivity index (χ3v) is 12.9. The van der Waals surface area contributed by atoms with Gasteiger partial charge in [0.25, 0.3) is 0 Å². The number of rotatable bonds is 54. The third-order valence-electron chi connectivity index (χ3n) is 12.9. The van der Waals surface area contributed by atoms with Crippen molar-refractivity contribution < 1.29 is 28.6 Å². The maximum atomic E-state index is 12.8. The fourth-order valence-electron chi connectivity index (χ4n) is 8.45. The number of hydrogen-bond donors (Lipinski definition) is 0. The second-order valence-corrected chi connectivity index (χ2v) is 19.9. The summed E-state index contributed by atoms with van der Waals surface area (Å²) in [5, 5.41) is 0. The topological polar surface area (TPSA) is 78.9 Å². The number of carbonyl (C=O) groups is 3. The van der Waals surface area contributed by atoms with Crippen molar-refractivity contribution in [3.8, 4) is 0 Å². The molecule has 0 bridgehead atoms. The highest BCUT2D eigenvalue weighted by atomic mass is 16.6. The van der Waals surface area contributed by atoms with Crippen molar-refractivity contribution in [3.63, 3.8) is 0 Å². The summed E-state index contributed by atoms with van der Waals surface area (Å²) in [6, 6.07) is 0. The number of allylic oxidation sites excluding steroid dienone is 10. The lowest BCUT2D eigenvalue weighted by Gasteiger charge is -2.18. The fraction of sp³-hybridized carbons (Fsp3) is 0.794. The lowest BCUT2D eigenvalue weighted by molar-refractivity contribution is -0.167. The Morgan fingerprint density at radius 2 is 0.551 bits per heavy atom. The van der Waals surface area contributed by atoms with Crippen molar-refractivity contribution in [1.82, 2.24) is 0 Å². The number of ether oxygens (including phenoxy) is 3. The van der Waals surface area contributed by atoms with Crippen LogP contribution in [-0.4, -0.2) is 37.2 Å². The van der Waals surface area contributed by atoms with Crippen LogP contribution >= 0.6 is 0 Å². The summed E-state index contributed by atoms with van der Waals surface area (Å²) >= 11 is 0. The van der Waals surface area contributed by atoms with E-state index in [1.807, 2.05) is 0 Å². The van der Waals surface area contributed by atoms with E-state index in [1.54, 1.807) is 0 Å². The molecule has 0 heterocycles. The Morgan fingerprint density at radius 3 is 0.884 bits per heavy atom. The molecule has 1 unspecified atom stereocenters. The molecule has 0 fully saturated rings. The minimum atomic E-state index is -0.784. The van der Waals surface area contributed by atoms with Gasteiger partial charge < -0.3 is 14.2 Å². The van der Waals surface area contributed by atoms with Crippen LogP contribution in [0.25, 0.3) is 0 Å². The van der Waals surface area contributed by atoms with Crippen LogP contribution in [0.2, 0.25) is 0 Å².